The number of morpholine rings is 1. The lowest BCUT2D eigenvalue weighted by atomic mass is 10.2. The van der Waals surface area contributed by atoms with Crippen LogP contribution in [0, 0.1) is 0 Å². The van der Waals surface area contributed by atoms with Gasteiger partial charge in [-0.25, -0.2) is 10.8 Å². The van der Waals surface area contributed by atoms with Gasteiger partial charge in [-0.15, -0.1) is 0 Å². The smallest absolute Gasteiger partial charge is 0.254 e. The third-order valence-corrected chi connectivity index (χ3v) is 3.01. The quantitative estimate of drug-likeness (QED) is 0.406. The molecule has 19 heavy (non-hydrogen) atoms. The van der Waals surface area contributed by atoms with Crippen LogP contribution in [-0.4, -0.2) is 53.3 Å². The Balaban J connectivity index is 2.16. The molecule has 1 aromatic heterocycles. The summed E-state index contributed by atoms with van der Waals surface area (Å²) in [5, 5.41) is 9.25. The van der Waals surface area contributed by atoms with Crippen LogP contribution in [0.1, 0.15) is 10.4 Å². The van der Waals surface area contributed by atoms with Crippen LogP contribution in [0.3, 0.4) is 0 Å². The lowest BCUT2D eigenvalue weighted by Crippen LogP contribution is -2.46. The Hall–Kier alpha value is -1.41. The molecule has 1 aliphatic rings. The highest BCUT2D eigenvalue weighted by Gasteiger charge is 2.25. The van der Waals surface area contributed by atoms with Crippen LogP contribution in [0.4, 0.5) is 5.82 Å². The number of amides is 1. The zero-order valence-corrected chi connectivity index (χ0v) is 10.9. The van der Waals surface area contributed by atoms with Crippen molar-refractivity contribution >= 4 is 23.3 Å². The van der Waals surface area contributed by atoms with E-state index in [0.717, 1.165) is 0 Å². The molecule has 0 aromatic carbocycles. The van der Waals surface area contributed by atoms with Gasteiger partial charge in [0.2, 0.25) is 0 Å². The standard InChI is InChI=1S/C11H15ClN4O3/c12-9-3-7(4-10(14-9)15-13)11(18)16-1-2-19-8(5-16)6-17/h3-4,8,17H,1-2,5-6,13H2,(H,14,15). The first-order chi connectivity index (χ1) is 9.13. The van der Waals surface area contributed by atoms with Crippen molar-refractivity contribution < 1.29 is 14.6 Å². The molecule has 0 saturated carbocycles. The Labute approximate surface area is 115 Å². The van der Waals surface area contributed by atoms with E-state index in [9.17, 15) is 4.79 Å². The summed E-state index contributed by atoms with van der Waals surface area (Å²) in [6, 6.07) is 3.01. The van der Waals surface area contributed by atoms with Gasteiger partial charge in [-0.1, -0.05) is 11.6 Å². The monoisotopic (exact) mass is 286 g/mol. The number of carbonyl (C=O) groups is 1. The first kappa shape index (κ1) is 14.0. The molecule has 1 saturated heterocycles. The average Bonchev–Trinajstić information content (AvgIpc) is 2.45. The van der Waals surface area contributed by atoms with Gasteiger partial charge < -0.3 is 20.2 Å². The molecule has 2 heterocycles. The van der Waals surface area contributed by atoms with Crippen molar-refractivity contribution in [2.45, 2.75) is 6.10 Å². The Kier molecular flexibility index (Phi) is 4.54. The maximum Gasteiger partial charge on any atom is 0.254 e. The molecule has 1 fully saturated rings. The van der Waals surface area contributed by atoms with E-state index in [1.165, 1.54) is 12.1 Å². The molecule has 0 aliphatic carbocycles. The van der Waals surface area contributed by atoms with E-state index in [1.54, 1.807) is 4.90 Å². The largest absolute Gasteiger partial charge is 0.394 e. The van der Waals surface area contributed by atoms with Crippen molar-refractivity contribution in [3.8, 4) is 0 Å². The van der Waals surface area contributed by atoms with Gasteiger partial charge in [0.15, 0.2) is 0 Å². The number of nitrogens with two attached hydrogens (primary N) is 1. The number of carbonyl (C=O) groups excluding carboxylic acids is 1. The molecule has 1 aliphatic heterocycles. The fourth-order valence-electron chi connectivity index (χ4n) is 1.89. The molecule has 8 heteroatoms. The van der Waals surface area contributed by atoms with Gasteiger partial charge in [0.25, 0.3) is 5.91 Å². The molecule has 4 N–H and O–H groups in total. The highest BCUT2D eigenvalue weighted by atomic mass is 35.5. The summed E-state index contributed by atoms with van der Waals surface area (Å²) >= 11 is 5.83. The average molecular weight is 287 g/mol. The van der Waals surface area contributed by atoms with E-state index < -0.39 is 0 Å². The van der Waals surface area contributed by atoms with Gasteiger partial charge in [-0.05, 0) is 12.1 Å². The maximum absolute atomic E-state index is 12.3. The van der Waals surface area contributed by atoms with E-state index >= 15 is 0 Å². The first-order valence-electron chi connectivity index (χ1n) is 5.80. The number of hydrogen-bond donors (Lipinski definition) is 3. The minimum absolute atomic E-state index is 0.115. The number of aliphatic hydroxyl groups excluding tert-OH is 1. The van der Waals surface area contributed by atoms with Crippen molar-refractivity contribution in [3.05, 3.63) is 22.8 Å². The second-order valence-corrected chi connectivity index (χ2v) is 4.52. The normalized spacial score (nSPS) is 19.3. The number of aliphatic hydroxyl groups is 1. The van der Waals surface area contributed by atoms with Gasteiger partial charge >= 0.3 is 0 Å². The summed E-state index contributed by atoms with van der Waals surface area (Å²) in [5.41, 5.74) is 2.75. The Morgan fingerprint density at radius 2 is 2.47 bits per heavy atom. The molecule has 2 rings (SSSR count). The second kappa shape index (κ2) is 6.16. The van der Waals surface area contributed by atoms with Crippen molar-refractivity contribution in [2.24, 2.45) is 5.84 Å². The highest BCUT2D eigenvalue weighted by molar-refractivity contribution is 6.29. The number of aromatic nitrogens is 1. The Morgan fingerprint density at radius 3 is 3.16 bits per heavy atom. The predicted molar refractivity (Wildman–Crippen MR) is 69.8 cm³/mol. The number of hydrazine groups is 1. The van der Waals surface area contributed by atoms with Crippen LogP contribution in [0.25, 0.3) is 0 Å². The molecule has 0 bridgehead atoms. The third-order valence-electron chi connectivity index (χ3n) is 2.82. The third kappa shape index (κ3) is 3.32. The summed E-state index contributed by atoms with van der Waals surface area (Å²) in [7, 11) is 0. The molecule has 1 amide bonds. The van der Waals surface area contributed by atoms with Crippen LogP contribution in [0.15, 0.2) is 12.1 Å². The number of nitrogens with one attached hydrogen (secondary N) is 1. The fourth-order valence-corrected chi connectivity index (χ4v) is 2.10. The fraction of sp³-hybridized carbons (Fsp3) is 0.455. The number of ether oxygens (including phenoxy) is 1. The van der Waals surface area contributed by atoms with Gasteiger partial charge in [0.05, 0.1) is 19.3 Å². The molecular formula is C11H15ClN4O3. The van der Waals surface area contributed by atoms with Crippen molar-refractivity contribution in [2.75, 3.05) is 31.7 Å². The second-order valence-electron chi connectivity index (χ2n) is 4.13. The van der Waals surface area contributed by atoms with Crippen molar-refractivity contribution in [1.29, 1.82) is 0 Å². The Morgan fingerprint density at radius 1 is 1.68 bits per heavy atom. The van der Waals surface area contributed by atoms with E-state index in [0.29, 0.717) is 31.1 Å². The van der Waals surface area contributed by atoms with E-state index in [-0.39, 0.29) is 23.8 Å². The molecule has 0 radical (unpaired) electrons. The van der Waals surface area contributed by atoms with Crippen LogP contribution in [-0.2, 0) is 4.74 Å². The molecule has 7 nitrogen and oxygen atoms in total. The van der Waals surface area contributed by atoms with Crippen LogP contribution < -0.4 is 11.3 Å². The predicted octanol–water partition coefficient (Wildman–Crippen LogP) is -0.146. The van der Waals surface area contributed by atoms with Crippen molar-refractivity contribution in [3.63, 3.8) is 0 Å². The minimum Gasteiger partial charge on any atom is -0.394 e. The van der Waals surface area contributed by atoms with Crippen LogP contribution in [0.2, 0.25) is 5.15 Å². The van der Waals surface area contributed by atoms with E-state index in [4.69, 9.17) is 27.3 Å². The number of anilines is 1. The maximum atomic E-state index is 12.3. The van der Waals surface area contributed by atoms with E-state index in [2.05, 4.69) is 10.4 Å². The molecule has 1 unspecified atom stereocenters. The topological polar surface area (TPSA) is 101 Å². The number of halogens is 1. The SMILES string of the molecule is NNc1cc(C(=O)N2CCOC(CO)C2)cc(Cl)n1. The Bertz CT molecular complexity index is 471. The zero-order valence-electron chi connectivity index (χ0n) is 10.2. The number of pyridine rings is 1. The molecule has 1 aromatic rings. The number of nitrogen functional groups attached to an aromatic ring is 1. The zero-order chi connectivity index (χ0) is 13.8. The molecule has 0 spiro atoms. The highest BCUT2D eigenvalue weighted by Crippen LogP contribution is 2.17. The molecular weight excluding hydrogens is 272 g/mol. The number of nitrogens with zero attached hydrogens (tertiary/aromatic N) is 2. The summed E-state index contributed by atoms with van der Waals surface area (Å²) in [6.45, 7) is 1.11. The number of rotatable bonds is 3. The van der Waals surface area contributed by atoms with Crippen LogP contribution >= 0.6 is 11.6 Å². The van der Waals surface area contributed by atoms with Gasteiger partial charge in [-0.3, -0.25) is 4.79 Å². The van der Waals surface area contributed by atoms with Crippen molar-refractivity contribution in [1.82, 2.24) is 9.88 Å². The van der Waals surface area contributed by atoms with E-state index in [1.807, 2.05) is 0 Å². The molecule has 1 atom stereocenters. The van der Waals surface area contributed by atoms with Crippen LogP contribution in [0.5, 0.6) is 0 Å². The summed E-state index contributed by atoms with van der Waals surface area (Å²) in [4.78, 5) is 17.8. The first-order valence-corrected chi connectivity index (χ1v) is 6.17. The molecule has 104 valence electrons. The van der Waals surface area contributed by atoms with Gasteiger partial charge in [0.1, 0.15) is 11.0 Å². The number of hydrogen-bond acceptors (Lipinski definition) is 6. The lowest BCUT2D eigenvalue weighted by Gasteiger charge is -2.32. The minimum atomic E-state index is -0.345. The van der Waals surface area contributed by atoms with Gasteiger partial charge in [-0.2, -0.15) is 0 Å². The summed E-state index contributed by atoms with van der Waals surface area (Å²) in [5.74, 6) is 5.39. The lowest BCUT2D eigenvalue weighted by molar-refractivity contribution is -0.0447. The summed E-state index contributed by atoms with van der Waals surface area (Å²) in [6.07, 6.45) is -0.345. The van der Waals surface area contributed by atoms with Gasteiger partial charge in [0, 0.05) is 18.7 Å². The summed E-state index contributed by atoms with van der Waals surface area (Å²) < 4.78 is 5.30.